The van der Waals surface area contributed by atoms with E-state index >= 15 is 0 Å². The predicted octanol–water partition coefficient (Wildman–Crippen LogP) is 4.44. The molecule has 2 aromatic carbocycles. The zero-order valence-corrected chi connectivity index (χ0v) is 16.8. The fraction of sp³-hybridized carbons (Fsp3) is 0.0952. The highest BCUT2D eigenvalue weighted by Gasteiger charge is 2.31. The summed E-state index contributed by atoms with van der Waals surface area (Å²) in [5.41, 5.74) is 6.50. The van der Waals surface area contributed by atoms with Crippen LogP contribution in [0.5, 0.6) is 0 Å². The number of hydrogen-bond acceptors (Lipinski definition) is 5. The fourth-order valence-electron chi connectivity index (χ4n) is 2.56. The van der Waals surface area contributed by atoms with Crippen molar-refractivity contribution < 1.29 is 19.1 Å². The number of carbonyl (C=O) groups excluding carboxylic acids is 2. The third-order valence-corrected chi connectivity index (χ3v) is 4.37. The minimum absolute atomic E-state index is 0.0733. The molecule has 1 heterocycles. The van der Waals surface area contributed by atoms with E-state index in [9.17, 15) is 9.59 Å². The zero-order chi connectivity index (χ0) is 21.0. The van der Waals surface area contributed by atoms with Gasteiger partial charge in [0.05, 0.1) is 12.3 Å². The van der Waals surface area contributed by atoms with Crippen molar-refractivity contribution in [2.24, 2.45) is 10.7 Å². The molecule has 29 heavy (non-hydrogen) atoms. The molecular formula is C21H16Cl2N2O4. The highest BCUT2D eigenvalue weighted by molar-refractivity contribution is 6.31. The number of aliphatic imine (C=N–C) groups is 1. The van der Waals surface area contributed by atoms with Crippen molar-refractivity contribution in [2.75, 3.05) is 6.61 Å². The van der Waals surface area contributed by atoms with Crippen LogP contribution in [-0.4, -0.2) is 24.2 Å². The maximum Gasteiger partial charge on any atom is 0.347 e. The number of carbonyl (C=O) groups is 2. The van der Waals surface area contributed by atoms with Crippen LogP contribution in [0.1, 0.15) is 12.5 Å². The largest absolute Gasteiger partial charge is 0.462 e. The van der Waals surface area contributed by atoms with E-state index in [4.69, 9.17) is 38.4 Å². The van der Waals surface area contributed by atoms with Crippen LogP contribution in [0.3, 0.4) is 0 Å². The van der Waals surface area contributed by atoms with Crippen LogP contribution in [0, 0.1) is 0 Å². The summed E-state index contributed by atoms with van der Waals surface area (Å²) in [5, 5.41) is 1.11. The van der Waals surface area contributed by atoms with Crippen molar-refractivity contribution in [3.8, 4) is 0 Å². The molecule has 2 aromatic rings. The summed E-state index contributed by atoms with van der Waals surface area (Å²) in [4.78, 5) is 28.8. The standard InChI is InChI=1S/C21H16Cl2N2O4/c1-2-28-21(27)18(20(24)26)19-16(25-15-9-7-14(23)8-10-15)11-17(29-19)12-3-5-13(22)6-4-12/h3-11H,2H2,1H3,(H2,24,26)/b19-18-,25-16?. The Labute approximate surface area is 177 Å². The number of primary amides is 1. The van der Waals surface area contributed by atoms with Crippen LogP contribution in [0.25, 0.3) is 5.76 Å². The molecule has 0 spiro atoms. The van der Waals surface area contributed by atoms with Gasteiger partial charge in [-0.3, -0.25) is 4.79 Å². The molecule has 0 saturated carbocycles. The molecule has 0 fully saturated rings. The third-order valence-electron chi connectivity index (χ3n) is 3.87. The Morgan fingerprint density at radius 1 is 1.03 bits per heavy atom. The lowest BCUT2D eigenvalue weighted by Crippen LogP contribution is -2.26. The second-order valence-electron chi connectivity index (χ2n) is 5.88. The molecule has 1 aliphatic heterocycles. The maximum absolute atomic E-state index is 12.3. The van der Waals surface area contributed by atoms with Gasteiger partial charge >= 0.3 is 5.97 Å². The lowest BCUT2D eigenvalue weighted by atomic mass is 10.1. The van der Waals surface area contributed by atoms with Gasteiger partial charge in [-0.15, -0.1) is 0 Å². The third kappa shape index (κ3) is 4.85. The van der Waals surface area contributed by atoms with Crippen molar-refractivity contribution in [1.82, 2.24) is 0 Å². The van der Waals surface area contributed by atoms with Crippen LogP contribution < -0.4 is 5.73 Å². The number of amides is 1. The zero-order valence-electron chi connectivity index (χ0n) is 15.3. The van der Waals surface area contributed by atoms with E-state index in [2.05, 4.69) is 4.99 Å². The minimum Gasteiger partial charge on any atom is -0.462 e. The van der Waals surface area contributed by atoms with Gasteiger partial charge in [0.2, 0.25) is 0 Å². The van der Waals surface area contributed by atoms with Gasteiger partial charge in [0, 0.05) is 21.7 Å². The average Bonchev–Trinajstić information content (AvgIpc) is 3.07. The topological polar surface area (TPSA) is 91.0 Å². The van der Waals surface area contributed by atoms with E-state index in [0.29, 0.717) is 27.1 Å². The highest BCUT2D eigenvalue weighted by atomic mass is 35.5. The summed E-state index contributed by atoms with van der Waals surface area (Å²) >= 11 is 11.9. The Morgan fingerprint density at radius 2 is 1.62 bits per heavy atom. The number of hydrogen-bond donors (Lipinski definition) is 1. The van der Waals surface area contributed by atoms with Crippen molar-refractivity contribution in [2.45, 2.75) is 6.92 Å². The molecule has 3 rings (SSSR count). The number of ether oxygens (including phenoxy) is 2. The summed E-state index contributed by atoms with van der Waals surface area (Å²) in [6.07, 6.45) is 1.61. The molecule has 0 bridgehead atoms. The normalized spacial score (nSPS) is 16.2. The van der Waals surface area contributed by atoms with Gasteiger partial charge in [-0.05, 0) is 55.5 Å². The molecule has 0 unspecified atom stereocenters. The molecular weight excluding hydrogens is 415 g/mol. The maximum atomic E-state index is 12.3. The highest BCUT2D eigenvalue weighted by Crippen LogP contribution is 2.32. The SMILES string of the molecule is CCOC(=O)/C(C(N)=O)=C1\OC(c2ccc(Cl)cc2)=CC1=Nc1ccc(Cl)cc1. The number of halogens is 2. The molecule has 148 valence electrons. The minimum atomic E-state index is -0.979. The van der Waals surface area contributed by atoms with Crippen molar-refractivity contribution in [3.63, 3.8) is 0 Å². The monoisotopic (exact) mass is 430 g/mol. The Morgan fingerprint density at radius 3 is 2.17 bits per heavy atom. The smallest absolute Gasteiger partial charge is 0.347 e. The summed E-state index contributed by atoms with van der Waals surface area (Å²) in [5.74, 6) is -1.55. The Bertz CT molecular complexity index is 1040. The number of benzene rings is 2. The van der Waals surface area contributed by atoms with E-state index in [1.807, 2.05) is 0 Å². The predicted molar refractivity (Wildman–Crippen MR) is 112 cm³/mol. The summed E-state index contributed by atoms with van der Waals surface area (Å²) in [7, 11) is 0. The van der Waals surface area contributed by atoms with Gasteiger partial charge in [0.25, 0.3) is 5.91 Å². The number of esters is 1. The quantitative estimate of drug-likeness (QED) is 0.328. The molecule has 0 aliphatic carbocycles. The van der Waals surface area contributed by atoms with E-state index in [-0.39, 0.29) is 18.1 Å². The van der Waals surface area contributed by atoms with Gasteiger partial charge in [-0.2, -0.15) is 0 Å². The lowest BCUT2D eigenvalue weighted by molar-refractivity contribution is -0.140. The number of allylic oxidation sites excluding steroid dienone is 1. The first-order chi connectivity index (χ1) is 13.9. The van der Waals surface area contributed by atoms with Crippen molar-refractivity contribution in [1.29, 1.82) is 0 Å². The summed E-state index contributed by atoms with van der Waals surface area (Å²) < 4.78 is 10.8. The second kappa shape index (κ2) is 8.94. The van der Waals surface area contributed by atoms with Crippen LogP contribution in [0.4, 0.5) is 5.69 Å². The Kier molecular flexibility index (Phi) is 6.36. The molecule has 0 atom stereocenters. The molecule has 2 N–H and O–H groups in total. The molecule has 6 nitrogen and oxygen atoms in total. The molecule has 0 saturated heterocycles. The molecule has 1 amide bonds. The van der Waals surface area contributed by atoms with Crippen LogP contribution in [0.15, 0.2) is 70.9 Å². The Hall–Kier alpha value is -3.09. The molecule has 0 radical (unpaired) electrons. The summed E-state index contributed by atoms with van der Waals surface area (Å²) in [6, 6.07) is 13.6. The fourth-order valence-corrected chi connectivity index (χ4v) is 2.82. The van der Waals surface area contributed by atoms with Gasteiger partial charge in [-0.25, -0.2) is 9.79 Å². The van der Waals surface area contributed by atoms with Crippen molar-refractivity contribution >= 4 is 52.2 Å². The number of rotatable bonds is 5. The number of nitrogens with zero attached hydrogens (tertiary/aromatic N) is 1. The molecule has 1 aliphatic rings. The van der Waals surface area contributed by atoms with Crippen LogP contribution >= 0.6 is 23.2 Å². The first kappa shape index (κ1) is 20.6. The van der Waals surface area contributed by atoms with Gasteiger partial charge < -0.3 is 15.2 Å². The van der Waals surface area contributed by atoms with Crippen LogP contribution in [0.2, 0.25) is 10.0 Å². The van der Waals surface area contributed by atoms with Gasteiger partial charge in [0.15, 0.2) is 11.3 Å². The van der Waals surface area contributed by atoms with Gasteiger partial charge in [-0.1, -0.05) is 23.2 Å². The first-order valence-electron chi connectivity index (χ1n) is 8.60. The van der Waals surface area contributed by atoms with Crippen molar-refractivity contribution in [3.05, 3.63) is 81.5 Å². The van der Waals surface area contributed by atoms with E-state index in [1.165, 1.54) is 0 Å². The molecule has 8 heteroatoms. The van der Waals surface area contributed by atoms with E-state index in [0.717, 1.165) is 0 Å². The summed E-state index contributed by atoms with van der Waals surface area (Å²) in [6.45, 7) is 1.70. The Balaban J connectivity index is 2.14. The first-order valence-corrected chi connectivity index (χ1v) is 9.36. The number of nitrogens with two attached hydrogens (primary N) is 1. The lowest BCUT2D eigenvalue weighted by Gasteiger charge is -2.10. The average molecular weight is 431 g/mol. The van der Waals surface area contributed by atoms with E-state index in [1.54, 1.807) is 61.5 Å². The molecule has 0 aromatic heterocycles. The van der Waals surface area contributed by atoms with Crippen LogP contribution in [-0.2, 0) is 19.1 Å². The second-order valence-corrected chi connectivity index (χ2v) is 6.75. The van der Waals surface area contributed by atoms with E-state index < -0.39 is 17.4 Å². The van der Waals surface area contributed by atoms with Gasteiger partial charge in [0.1, 0.15) is 11.5 Å².